The number of benzene rings is 2. The van der Waals surface area contributed by atoms with E-state index in [-0.39, 0.29) is 36.9 Å². The molecule has 0 bridgehead atoms. The summed E-state index contributed by atoms with van der Waals surface area (Å²) in [7, 11) is 0. The number of hydrogen-bond acceptors (Lipinski definition) is 6. The second kappa shape index (κ2) is 10.6. The number of amides is 1. The summed E-state index contributed by atoms with van der Waals surface area (Å²) in [6, 6.07) is 18.9. The van der Waals surface area contributed by atoms with Crippen LogP contribution in [0.5, 0.6) is 5.75 Å². The number of para-hydroxylation sites is 1. The van der Waals surface area contributed by atoms with Crippen LogP contribution in [-0.4, -0.2) is 46.3 Å². The third-order valence-corrected chi connectivity index (χ3v) is 5.35. The van der Waals surface area contributed by atoms with Crippen molar-refractivity contribution < 1.29 is 19.1 Å². The van der Waals surface area contributed by atoms with E-state index in [1.165, 1.54) is 16.8 Å². The van der Waals surface area contributed by atoms with Crippen molar-refractivity contribution in [1.82, 2.24) is 14.7 Å². The van der Waals surface area contributed by atoms with Gasteiger partial charge in [0.05, 0.1) is 6.54 Å². The van der Waals surface area contributed by atoms with Crippen molar-refractivity contribution in [3.05, 3.63) is 93.9 Å². The molecule has 1 amide bonds. The van der Waals surface area contributed by atoms with Crippen LogP contribution in [0.25, 0.3) is 0 Å². The zero-order chi connectivity index (χ0) is 23.0. The fraction of sp³-hybridized carbons (Fsp3) is 0.280. The average Bonchev–Trinajstić information content (AvgIpc) is 3.39. The van der Waals surface area contributed by atoms with Crippen LogP contribution in [0.2, 0.25) is 0 Å². The second-order valence-electron chi connectivity index (χ2n) is 7.71. The number of carbonyl (C=O) groups is 2. The van der Waals surface area contributed by atoms with Crippen LogP contribution in [0.4, 0.5) is 0 Å². The molecule has 8 heteroatoms. The molecule has 0 aliphatic carbocycles. The predicted molar refractivity (Wildman–Crippen MR) is 121 cm³/mol. The Hall–Kier alpha value is -3.94. The summed E-state index contributed by atoms with van der Waals surface area (Å²) in [4.78, 5) is 38.8. The number of likely N-dealkylation sites (tertiary alicyclic amines) is 1. The summed E-state index contributed by atoms with van der Waals surface area (Å²) >= 11 is 0. The molecule has 8 nitrogen and oxygen atoms in total. The van der Waals surface area contributed by atoms with Gasteiger partial charge >= 0.3 is 5.97 Å². The van der Waals surface area contributed by atoms with Gasteiger partial charge in [-0.1, -0.05) is 30.3 Å². The number of nitrogens with zero attached hydrogens (tertiary/aromatic N) is 3. The van der Waals surface area contributed by atoms with Crippen molar-refractivity contribution in [1.29, 1.82) is 0 Å². The number of carbonyl (C=O) groups excluding carboxylic acids is 2. The van der Waals surface area contributed by atoms with Crippen molar-refractivity contribution in [3.63, 3.8) is 0 Å². The van der Waals surface area contributed by atoms with Gasteiger partial charge in [0, 0.05) is 24.7 Å². The summed E-state index contributed by atoms with van der Waals surface area (Å²) < 4.78 is 12.1. The monoisotopic (exact) mass is 447 g/mol. The maximum atomic E-state index is 12.4. The SMILES string of the molecule is O=C(OCc1ccc(C(=O)N2CCCC2)cc1)c1ccc(=O)n(CCOc2ccccc2)n1. The maximum absolute atomic E-state index is 12.4. The zero-order valence-electron chi connectivity index (χ0n) is 18.2. The molecule has 0 unspecified atom stereocenters. The first kappa shape index (κ1) is 22.3. The number of esters is 1. The fourth-order valence-electron chi connectivity index (χ4n) is 3.55. The van der Waals surface area contributed by atoms with Gasteiger partial charge in [0.2, 0.25) is 0 Å². The Morgan fingerprint density at radius 3 is 2.36 bits per heavy atom. The summed E-state index contributed by atoms with van der Waals surface area (Å²) in [6.45, 7) is 2.06. The van der Waals surface area contributed by atoms with E-state index < -0.39 is 5.97 Å². The molecule has 4 rings (SSSR count). The summed E-state index contributed by atoms with van der Waals surface area (Å²) in [5.41, 5.74) is 1.08. The van der Waals surface area contributed by atoms with Gasteiger partial charge in [-0.05, 0) is 48.7 Å². The van der Waals surface area contributed by atoms with Crippen LogP contribution >= 0.6 is 0 Å². The lowest BCUT2D eigenvalue weighted by Gasteiger charge is -2.15. The van der Waals surface area contributed by atoms with Crippen LogP contribution in [0, 0.1) is 0 Å². The van der Waals surface area contributed by atoms with Crippen LogP contribution in [-0.2, 0) is 17.9 Å². The van der Waals surface area contributed by atoms with Gasteiger partial charge in [-0.15, -0.1) is 0 Å². The van der Waals surface area contributed by atoms with Crippen LogP contribution < -0.4 is 10.3 Å². The molecule has 0 spiro atoms. The Morgan fingerprint density at radius 1 is 0.909 bits per heavy atom. The zero-order valence-corrected chi connectivity index (χ0v) is 18.2. The minimum atomic E-state index is -0.634. The summed E-state index contributed by atoms with van der Waals surface area (Å²) in [6.07, 6.45) is 2.09. The van der Waals surface area contributed by atoms with Crippen LogP contribution in [0.15, 0.2) is 71.5 Å². The van der Waals surface area contributed by atoms with E-state index >= 15 is 0 Å². The largest absolute Gasteiger partial charge is 0.492 e. The first-order valence-corrected chi connectivity index (χ1v) is 10.9. The Balaban J connectivity index is 1.31. The summed E-state index contributed by atoms with van der Waals surface area (Å²) in [5, 5.41) is 4.10. The first-order chi connectivity index (χ1) is 16.1. The highest BCUT2D eigenvalue weighted by Crippen LogP contribution is 2.14. The third kappa shape index (κ3) is 5.85. The molecule has 0 radical (unpaired) electrons. The van der Waals surface area contributed by atoms with E-state index in [9.17, 15) is 14.4 Å². The first-order valence-electron chi connectivity index (χ1n) is 10.9. The molecule has 0 saturated carbocycles. The van der Waals surface area contributed by atoms with Crippen LogP contribution in [0.3, 0.4) is 0 Å². The van der Waals surface area contributed by atoms with Crippen LogP contribution in [0.1, 0.15) is 39.3 Å². The smallest absolute Gasteiger partial charge is 0.359 e. The normalized spacial score (nSPS) is 13.0. The molecule has 1 saturated heterocycles. The highest BCUT2D eigenvalue weighted by atomic mass is 16.5. The Bertz CT molecular complexity index is 1150. The van der Waals surface area contributed by atoms with E-state index in [0.29, 0.717) is 11.3 Å². The third-order valence-electron chi connectivity index (χ3n) is 5.35. The minimum Gasteiger partial charge on any atom is -0.492 e. The van der Waals surface area contributed by atoms with Crippen molar-refractivity contribution in [2.45, 2.75) is 26.0 Å². The number of ether oxygens (including phenoxy) is 2. The lowest BCUT2D eigenvalue weighted by Crippen LogP contribution is -2.27. The molecule has 0 atom stereocenters. The highest BCUT2D eigenvalue weighted by Gasteiger charge is 2.19. The molecule has 1 fully saturated rings. The van der Waals surface area contributed by atoms with Gasteiger partial charge in [-0.25, -0.2) is 9.48 Å². The molecule has 0 N–H and O–H groups in total. The van der Waals surface area contributed by atoms with Crippen molar-refractivity contribution >= 4 is 11.9 Å². The topological polar surface area (TPSA) is 90.7 Å². The predicted octanol–water partition coefficient (Wildman–Crippen LogP) is 2.92. The van der Waals surface area contributed by atoms with Gasteiger partial charge in [0.1, 0.15) is 19.0 Å². The van der Waals surface area contributed by atoms with Crippen molar-refractivity contribution in [3.8, 4) is 5.75 Å². The molecule has 33 heavy (non-hydrogen) atoms. The molecule has 1 aliphatic heterocycles. The lowest BCUT2D eigenvalue weighted by molar-refractivity contribution is 0.0461. The van der Waals surface area contributed by atoms with Gasteiger partial charge in [0.15, 0.2) is 5.69 Å². The van der Waals surface area contributed by atoms with E-state index in [0.717, 1.165) is 31.5 Å². The lowest BCUT2D eigenvalue weighted by atomic mass is 10.1. The van der Waals surface area contributed by atoms with Crippen molar-refractivity contribution in [2.24, 2.45) is 0 Å². The van der Waals surface area contributed by atoms with Gasteiger partial charge < -0.3 is 14.4 Å². The number of aromatic nitrogens is 2. The molecule has 1 aromatic heterocycles. The maximum Gasteiger partial charge on any atom is 0.359 e. The Labute approximate surface area is 191 Å². The quantitative estimate of drug-likeness (QED) is 0.493. The molecule has 1 aliphatic rings. The number of hydrogen-bond donors (Lipinski definition) is 0. The summed E-state index contributed by atoms with van der Waals surface area (Å²) in [5.74, 6) is 0.0814. The van der Waals surface area contributed by atoms with Crippen molar-refractivity contribution in [2.75, 3.05) is 19.7 Å². The van der Waals surface area contributed by atoms with E-state index in [1.54, 1.807) is 24.3 Å². The molecule has 2 aromatic carbocycles. The second-order valence-corrected chi connectivity index (χ2v) is 7.71. The van der Waals surface area contributed by atoms with Gasteiger partial charge in [-0.2, -0.15) is 5.10 Å². The molecular formula is C25H25N3O5. The standard InChI is InChI=1S/C25H25N3O5/c29-23-13-12-22(26-28(23)16-17-32-21-6-2-1-3-7-21)25(31)33-18-19-8-10-20(11-9-19)24(30)27-14-4-5-15-27/h1-3,6-13H,4-5,14-18H2. The van der Waals surface area contributed by atoms with E-state index in [2.05, 4.69) is 5.10 Å². The highest BCUT2D eigenvalue weighted by molar-refractivity contribution is 5.94. The molecule has 3 aromatic rings. The Morgan fingerprint density at radius 2 is 1.64 bits per heavy atom. The van der Waals surface area contributed by atoms with E-state index in [4.69, 9.17) is 9.47 Å². The fourth-order valence-corrected chi connectivity index (χ4v) is 3.55. The number of rotatable bonds is 8. The van der Waals surface area contributed by atoms with Gasteiger partial charge in [-0.3, -0.25) is 9.59 Å². The average molecular weight is 447 g/mol. The molecular weight excluding hydrogens is 422 g/mol. The molecule has 170 valence electrons. The van der Waals surface area contributed by atoms with E-state index in [1.807, 2.05) is 35.2 Å². The minimum absolute atomic E-state index is 0.0266. The Kier molecular flexibility index (Phi) is 7.14. The molecule has 2 heterocycles. The van der Waals surface area contributed by atoms with Gasteiger partial charge in [0.25, 0.3) is 11.5 Å².